The lowest BCUT2D eigenvalue weighted by atomic mass is 9.77. The Bertz CT molecular complexity index is 855. The largest absolute Gasteiger partial charge is 0.341 e. The molecule has 1 spiro atoms. The van der Waals surface area contributed by atoms with Gasteiger partial charge in [-0.1, -0.05) is 30.8 Å². The third-order valence-electron chi connectivity index (χ3n) is 7.04. The molecule has 7 heteroatoms. The van der Waals surface area contributed by atoms with E-state index in [9.17, 15) is 4.79 Å². The predicted octanol–water partition coefficient (Wildman–Crippen LogP) is 3.31. The second-order valence-corrected chi connectivity index (χ2v) is 9.27. The van der Waals surface area contributed by atoms with Crippen LogP contribution in [0.3, 0.4) is 0 Å². The van der Waals surface area contributed by atoms with Gasteiger partial charge in [0.1, 0.15) is 0 Å². The Morgan fingerprint density at radius 1 is 1.28 bits per heavy atom. The first-order chi connectivity index (χ1) is 14.1. The molecule has 1 aliphatic carbocycles. The van der Waals surface area contributed by atoms with Crippen LogP contribution in [0.15, 0.2) is 29.0 Å². The van der Waals surface area contributed by atoms with Gasteiger partial charge in [0.15, 0.2) is 0 Å². The third kappa shape index (κ3) is 3.68. The molecule has 5 rings (SSSR count). The average Bonchev–Trinajstić information content (AvgIpc) is 3.45. The number of carbonyl (C=O) groups is 1. The van der Waals surface area contributed by atoms with E-state index in [1.807, 2.05) is 12.1 Å². The van der Waals surface area contributed by atoms with E-state index in [1.165, 1.54) is 25.7 Å². The molecule has 1 unspecified atom stereocenters. The molecule has 7 nitrogen and oxygen atoms in total. The first-order valence-electron chi connectivity index (χ1n) is 10.8. The maximum Gasteiger partial charge on any atom is 0.244 e. The minimum atomic E-state index is 0.115. The molecule has 2 aliphatic heterocycles. The highest BCUT2D eigenvalue weighted by Crippen LogP contribution is 2.47. The molecule has 0 aromatic carbocycles. The van der Waals surface area contributed by atoms with Crippen LogP contribution in [0.2, 0.25) is 0 Å². The van der Waals surface area contributed by atoms with E-state index in [0.717, 1.165) is 50.4 Å². The van der Waals surface area contributed by atoms with Crippen molar-refractivity contribution in [3.8, 4) is 11.4 Å². The Hall–Kier alpha value is -2.28. The lowest BCUT2D eigenvalue weighted by Gasteiger charge is -2.48. The summed E-state index contributed by atoms with van der Waals surface area (Å²) in [5.41, 5.74) is 1.03. The van der Waals surface area contributed by atoms with Crippen LogP contribution in [0, 0.1) is 11.3 Å². The standard InChI is InChI=1S/C22H29N5O2/c1-26-13-22(14-27(15-22)19(28)9-8-16-5-2-3-6-16)11-18(26)21-24-20(25-29-21)17-7-4-10-23-12-17/h4,7,10,12,16,18H,2-3,5-6,8-9,11,13-15H2,1H3. The normalized spacial score (nSPS) is 24.3. The minimum absolute atomic E-state index is 0.115. The molecule has 1 amide bonds. The van der Waals surface area contributed by atoms with Gasteiger partial charge >= 0.3 is 0 Å². The van der Waals surface area contributed by atoms with Crippen molar-refractivity contribution in [3.63, 3.8) is 0 Å². The van der Waals surface area contributed by atoms with Crippen molar-refractivity contribution in [1.29, 1.82) is 0 Å². The zero-order chi connectivity index (χ0) is 19.8. The SMILES string of the molecule is CN1CC2(CC1c1nc(-c3cccnc3)no1)CN(C(=O)CCC1CCCC1)C2. The molecule has 0 radical (unpaired) electrons. The summed E-state index contributed by atoms with van der Waals surface area (Å²) in [7, 11) is 2.11. The van der Waals surface area contributed by atoms with Gasteiger partial charge in [0, 0.05) is 49.4 Å². The zero-order valence-electron chi connectivity index (χ0n) is 17.1. The summed E-state index contributed by atoms with van der Waals surface area (Å²) in [6, 6.07) is 3.92. The Balaban J connectivity index is 1.18. The van der Waals surface area contributed by atoms with E-state index in [0.29, 0.717) is 17.6 Å². The number of likely N-dealkylation sites (tertiary alicyclic amines) is 2. The first-order valence-corrected chi connectivity index (χ1v) is 10.8. The molecule has 2 aromatic rings. The summed E-state index contributed by atoms with van der Waals surface area (Å²) in [5.74, 6) is 2.36. The Kier molecular flexibility index (Phi) is 4.86. The van der Waals surface area contributed by atoms with Crippen LogP contribution in [0.5, 0.6) is 0 Å². The second kappa shape index (κ2) is 7.52. The Labute approximate surface area is 171 Å². The quantitative estimate of drug-likeness (QED) is 0.773. The summed E-state index contributed by atoms with van der Waals surface area (Å²) in [5, 5.41) is 4.14. The number of pyridine rings is 1. The van der Waals surface area contributed by atoms with Crippen molar-refractivity contribution in [2.45, 2.75) is 51.0 Å². The fourth-order valence-electron chi connectivity index (χ4n) is 5.48. The maximum absolute atomic E-state index is 12.6. The third-order valence-corrected chi connectivity index (χ3v) is 7.04. The number of aromatic nitrogens is 3. The lowest BCUT2D eigenvalue weighted by Crippen LogP contribution is -2.59. The summed E-state index contributed by atoms with van der Waals surface area (Å²) in [6.07, 6.45) is 11.6. The summed E-state index contributed by atoms with van der Waals surface area (Å²) < 4.78 is 5.59. The molecule has 29 heavy (non-hydrogen) atoms. The highest BCUT2D eigenvalue weighted by atomic mass is 16.5. The molecule has 3 fully saturated rings. The van der Waals surface area contributed by atoms with E-state index in [-0.39, 0.29) is 11.5 Å². The van der Waals surface area contributed by atoms with Gasteiger partial charge in [-0.3, -0.25) is 14.7 Å². The van der Waals surface area contributed by atoms with Crippen molar-refractivity contribution >= 4 is 5.91 Å². The van der Waals surface area contributed by atoms with Gasteiger partial charge in [0.2, 0.25) is 17.6 Å². The highest BCUT2D eigenvalue weighted by molar-refractivity contribution is 5.77. The highest BCUT2D eigenvalue weighted by Gasteiger charge is 2.53. The molecular formula is C22H29N5O2. The first kappa shape index (κ1) is 18.7. The van der Waals surface area contributed by atoms with Crippen molar-refractivity contribution in [2.75, 3.05) is 26.7 Å². The van der Waals surface area contributed by atoms with E-state index in [4.69, 9.17) is 4.52 Å². The number of hydrogen-bond donors (Lipinski definition) is 0. The molecule has 0 N–H and O–H groups in total. The lowest BCUT2D eigenvalue weighted by molar-refractivity contribution is -0.143. The molecule has 2 saturated heterocycles. The van der Waals surface area contributed by atoms with Gasteiger partial charge in [0.05, 0.1) is 6.04 Å². The van der Waals surface area contributed by atoms with Crippen LogP contribution < -0.4 is 0 Å². The molecule has 1 atom stereocenters. The summed E-state index contributed by atoms with van der Waals surface area (Å²) >= 11 is 0. The fraction of sp³-hybridized carbons (Fsp3) is 0.636. The van der Waals surface area contributed by atoms with E-state index < -0.39 is 0 Å². The number of hydrogen-bond acceptors (Lipinski definition) is 6. The minimum Gasteiger partial charge on any atom is -0.341 e. The van der Waals surface area contributed by atoms with Gasteiger partial charge in [-0.05, 0) is 37.9 Å². The van der Waals surface area contributed by atoms with Gasteiger partial charge < -0.3 is 9.42 Å². The van der Waals surface area contributed by atoms with Crippen LogP contribution in [-0.4, -0.2) is 57.5 Å². The number of rotatable bonds is 5. The monoisotopic (exact) mass is 395 g/mol. The molecule has 0 bridgehead atoms. The van der Waals surface area contributed by atoms with Crippen LogP contribution >= 0.6 is 0 Å². The molecule has 2 aromatic heterocycles. The number of carbonyl (C=O) groups excluding carboxylic acids is 1. The van der Waals surface area contributed by atoms with Crippen molar-refractivity contribution in [1.82, 2.24) is 24.9 Å². The van der Waals surface area contributed by atoms with E-state index >= 15 is 0 Å². The number of amides is 1. The topological polar surface area (TPSA) is 75.4 Å². The smallest absolute Gasteiger partial charge is 0.244 e. The average molecular weight is 396 g/mol. The van der Waals surface area contributed by atoms with Crippen molar-refractivity contribution in [2.24, 2.45) is 11.3 Å². The number of nitrogens with zero attached hydrogens (tertiary/aromatic N) is 5. The summed E-state index contributed by atoms with van der Waals surface area (Å²) in [4.78, 5) is 25.7. The zero-order valence-corrected chi connectivity index (χ0v) is 17.1. The van der Waals surface area contributed by atoms with Crippen molar-refractivity contribution < 1.29 is 9.32 Å². The molecular weight excluding hydrogens is 366 g/mol. The van der Waals surface area contributed by atoms with Crippen LogP contribution in [0.1, 0.15) is 56.9 Å². The van der Waals surface area contributed by atoms with E-state index in [1.54, 1.807) is 12.4 Å². The van der Waals surface area contributed by atoms with Gasteiger partial charge in [-0.2, -0.15) is 4.98 Å². The van der Waals surface area contributed by atoms with Gasteiger partial charge in [-0.25, -0.2) is 0 Å². The van der Waals surface area contributed by atoms with Crippen LogP contribution in [0.4, 0.5) is 0 Å². The van der Waals surface area contributed by atoms with Gasteiger partial charge in [-0.15, -0.1) is 0 Å². The van der Waals surface area contributed by atoms with Crippen LogP contribution in [0.25, 0.3) is 11.4 Å². The second-order valence-electron chi connectivity index (χ2n) is 9.27. The Morgan fingerprint density at radius 2 is 2.10 bits per heavy atom. The maximum atomic E-state index is 12.6. The van der Waals surface area contributed by atoms with E-state index in [2.05, 4.69) is 32.0 Å². The summed E-state index contributed by atoms with van der Waals surface area (Å²) in [6.45, 7) is 2.69. The fourth-order valence-corrected chi connectivity index (χ4v) is 5.48. The molecule has 4 heterocycles. The van der Waals surface area contributed by atoms with Crippen LogP contribution in [-0.2, 0) is 4.79 Å². The van der Waals surface area contributed by atoms with Gasteiger partial charge in [0.25, 0.3) is 0 Å². The Morgan fingerprint density at radius 3 is 2.86 bits per heavy atom. The molecule has 3 aliphatic rings. The van der Waals surface area contributed by atoms with Crippen molar-refractivity contribution in [3.05, 3.63) is 30.4 Å². The predicted molar refractivity (Wildman–Crippen MR) is 108 cm³/mol. The molecule has 154 valence electrons. The molecule has 1 saturated carbocycles.